The maximum absolute atomic E-state index is 13.5. The van der Waals surface area contributed by atoms with Crippen molar-refractivity contribution >= 4 is 7.82 Å². The molecule has 32 heavy (non-hydrogen) atoms. The molecule has 0 heterocycles. The molecule has 0 aliphatic heterocycles. The van der Waals surface area contributed by atoms with E-state index in [4.69, 9.17) is 9.79 Å². The van der Waals surface area contributed by atoms with Crippen molar-refractivity contribution in [1.82, 2.24) is 12.3 Å². The fourth-order valence-electron chi connectivity index (χ4n) is 1.42. The third-order valence-corrected chi connectivity index (χ3v) is 3.44. The molecule has 0 amide bonds. The van der Waals surface area contributed by atoms with Gasteiger partial charge in [-0.25, -0.2) is 9.09 Å². The maximum Gasteiger partial charge on any atom is 0.472 e. The van der Waals surface area contributed by atoms with Gasteiger partial charge in [-0.1, -0.05) is 0 Å². The van der Waals surface area contributed by atoms with Crippen LogP contribution in [0.3, 0.4) is 0 Å². The predicted molar refractivity (Wildman–Crippen MR) is 63.9 cm³/mol. The van der Waals surface area contributed by atoms with Crippen LogP contribution in [0.2, 0.25) is 0 Å². The molecule has 0 aliphatic rings. The van der Waals surface area contributed by atoms with E-state index in [-0.39, 0.29) is 12.3 Å². The summed E-state index contributed by atoms with van der Waals surface area (Å²) in [6.45, 7) is 0. The Hall–Kier alpha value is -1.16. The Labute approximate surface area is 163 Å². The zero-order valence-electron chi connectivity index (χ0n) is 14.0. The quantitative estimate of drug-likeness (QED) is 0.248. The molecule has 0 aliphatic carbocycles. The summed E-state index contributed by atoms with van der Waals surface area (Å²) in [5.74, 6) is -51.3. The minimum absolute atomic E-state index is 0. The summed E-state index contributed by atoms with van der Waals surface area (Å²) in [5, 5.41) is 0. The average molecular weight is 550 g/mol. The van der Waals surface area contributed by atoms with Crippen molar-refractivity contribution in [1.29, 1.82) is 0 Å². The summed E-state index contributed by atoms with van der Waals surface area (Å²) < 4.78 is 228. The van der Waals surface area contributed by atoms with Gasteiger partial charge in [0.25, 0.3) is 0 Å². The summed E-state index contributed by atoms with van der Waals surface area (Å²) in [6.07, 6.45) is -15.8. The van der Waals surface area contributed by atoms with Crippen LogP contribution in [0.15, 0.2) is 0 Å². The molecule has 198 valence electrons. The Bertz CT molecular complexity index is 700. The van der Waals surface area contributed by atoms with E-state index in [9.17, 15) is 79.2 Å². The fraction of sp³-hybridized carbons (Fsp3) is 1.00. The number of phosphoric acid groups is 1. The third-order valence-electron chi connectivity index (χ3n) is 2.95. The van der Waals surface area contributed by atoms with E-state index in [0.717, 1.165) is 0 Å². The molecule has 0 radical (unpaired) electrons. The number of phosphoric ester groups is 1. The highest BCUT2D eigenvalue weighted by molar-refractivity contribution is 7.46. The van der Waals surface area contributed by atoms with Gasteiger partial charge in [-0.3, -0.25) is 0 Å². The number of hydrogen-bond donors (Lipinski definition) is 4. The molecule has 0 saturated carbocycles. The van der Waals surface area contributed by atoms with Gasteiger partial charge in [-0.05, 0) is 0 Å². The summed E-state index contributed by atoms with van der Waals surface area (Å²) in [6, 6.07) is 0. The van der Waals surface area contributed by atoms with Crippen LogP contribution in [0, 0.1) is 0 Å². The van der Waals surface area contributed by atoms with Crippen LogP contribution < -0.4 is 12.3 Å². The van der Waals surface area contributed by atoms with Crippen LogP contribution >= 0.6 is 7.82 Å². The van der Waals surface area contributed by atoms with E-state index >= 15 is 0 Å². The van der Waals surface area contributed by atoms with Gasteiger partial charge >= 0.3 is 55.6 Å². The van der Waals surface area contributed by atoms with Crippen LogP contribution in [-0.2, 0) is 9.09 Å². The smallest absolute Gasteiger partial charge is 0.344 e. The Morgan fingerprint density at radius 2 is 0.719 bits per heavy atom. The second kappa shape index (κ2) is 8.56. The normalized spacial score (nSPS) is 17.2. The summed E-state index contributed by atoms with van der Waals surface area (Å²) in [4.78, 5) is 15.8. The zero-order chi connectivity index (χ0) is 25.2. The minimum Gasteiger partial charge on any atom is -0.344 e. The monoisotopic (exact) mass is 550 g/mol. The molecule has 0 aromatic heterocycles. The molecule has 0 bridgehead atoms. The van der Waals surface area contributed by atoms with Crippen LogP contribution in [0.5, 0.6) is 0 Å². The fourth-order valence-corrected chi connectivity index (χ4v) is 1.97. The lowest BCUT2D eigenvalue weighted by molar-refractivity contribution is -0.474. The highest BCUT2D eigenvalue weighted by atomic mass is 31.2. The SMILES string of the molecule is N.N.O=P(O)(O)OC(F)(C(F)(F)F)C(F)(F)C(F)(F)C(F)(F)C(F)(F)C(F)(F)C(F)(F)F. The van der Waals surface area contributed by atoms with E-state index in [1.807, 2.05) is 0 Å². The van der Waals surface area contributed by atoms with Crippen molar-refractivity contribution in [2.75, 3.05) is 0 Å². The molecule has 0 fully saturated rings. The summed E-state index contributed by atoms with van der Waals surface area (Å²) in [5.41, 5.74) is 0. The first-order valence-electron chi connectivity index (χ1n) is 5.93. The average Bonchev–Trinajstić information content (AvgIpc) is 2.41. The van der Waals surface area contributed by atoms with Crippen molar-refractivity contribution in [3.05, 3.63) is 0 Å². The van der Waals surface area contributed by atoms with Crippen molar-refractivity contribution in [3.8, 4) is 0 Å². The third kappa shape index (κ3) is 4.86. The largest absolute Gasteiger partial charge is 0.472 e. The molecular weight excluding hydrogens is 542 g/mol. The first-order valence-corrected chi connectivity index (χ1v) is 7.46. The van der Waals surface area contributed by atoms with E-state index in [2.05, 4.69) is 0 Å². The minimum atomic E-state index is -8.85. The van der Waals surface area contributed by atoms with Crippen LogP contribution in [0.4, 0.5) is 74.6 Å². The first kappa shape index (κ1) is 35.4. The van der Waals surface area contributed by atoms with Crippen LogP contribution in [0.25, 0.3) is 0 Å². The van der Waals surface area contributed by atoms with Crippen molar-refractivity contribution in [3.63, 3.8) is 0 Å². The Kier molecular flexibility index (Phi) is 9.48. The number of hydrogen-bond acceptors (Lipinski definition) is 4. The van der Waals surface area contributed by atoms with Crippen molar-refractivity contribution in [2.45, 2.75) is 47.8 Å². The second-order valence-electron chi connectivity index (χ2n) is 5.04. The number of halogens is 17. The molecule has 1 atom stereocenters. The molecule has 1 unspecified atom stereocenters. The van der Waals surface area contributed by atoms with Gasteiger partial charge in [0.2, 0.25) is 0 Å². The maximum atomic E-state index is 13.5. The van der Waals surface area contributed by atoms with Crippen LogP contribution in [-0.4, -0.2) is 57.6 Å². The van der Waals surface area contributed by atoms with E-state index in [0.29, 0.717) is 0 Å². The molecule has 24 heteroatoms. The molecule has 0 aromatic carbocycles. The van der Waals surface area contributed by atoms with Gasteiger partial charge in [0, 0.05) is 0 Å². The van der Waals surface area contributed by atoms with E-state index in [1.54, 1.807) is 4.52 Å². The van der Waals surface area contributed by atoms with Gasteiger partial charge < -0.3 is 22.1 Å². The highest BCUT2D eigenvalue weighted by Gasteiger charge is 2.96. The Morgan fingerprint density at radius 1 is 0.469 bits per heavy atom. The molecule has 0 saturated heterocycles. The molecule has 0 rings (SSSR count). The van der Waals surface area contributed by atoms with Crippen molar-refractivity contribution < 1.29 is 93.5 Å². The zero-order valence-corrected chi connectivity index (χ0v) is 14.9. The predicted octanol–water partition coefficient (Wildman–Crippen LogP) is 5.39. The lowest BCUT2D eigenvalue weighted by Gasteiger charge is -2.43. The highest BCUT2D eigenvalue weighted by Crippen LogP contribution is 2.65. The lowest BCUT2D eigenvalue weighted by Crippen LogP contribution is -2.75. The van der Waals surface area contributed by atoms with E-state index < -0.39 is 55.6 Å². The lowest BCUT2D eigenvalue weighted by atomic mass is 9.90. The van der Waals surface area contributed by atoms with Gasteiger partial charge in [-0.2, -0.15) is 74.6 Å². The molecule has 0 spiro atoms. The summed E-state index contributed by atoms with van der Waals surface area (Å²) in [7, 11) is -7.37. The van der Waals surface area contributed by atoms with E-state index in [1.165, 1.54) is 0 Å². The first-order chi connectivity index (χ1) is 12.5. The molecule has 6 nitrogen and oxygen atoms in total. The van der Waals surface area contributed by atoms with Gasteiger partial charge in [0.15, 0.2) is 0 Å². The molecule has 0 aromatic rings. The topological polar surface area (TPSA) is 137 Å². The second-order valence-corrected chi connectivity index (χ2v) is 6.21. The van der Waals surface area contributed by atoms with Crippen LogP contribution in [0.1, 0.15) is 0 Å². The van der Waals surface area contributed by atoms with Gasteiger partial charge in [0.1, 0.15) is 0 Å². The Morgan fingerprint density at radius 3 is 0.938 bits per heavy atom. The number of rotatable bonds is 7. The molecular formula is C8H8F17N2O4P. The van der Waals surface area contributed by atoms with Gasteiger partial charge in [-0.15, -0.1) is 0 Å². The molecule has 8 N–H and O–H groups in total. The Balaban J connectivity index is -0.00000420. The summed E-state index contributed by atoms with van der Waals surface area (Å²) >= 11 is 0. The van der Waals surface area contributed by atoms with Crippen molar-refractivity contribution in [2.24, 2.45) is 0 Å². The van der Waals surface area contributed by atoms with Gasteiger partial charge in [0.05, 0.1) is 0 Å². The standard InChI is InChI=1S/C8H2F17O4P.2H3N/c9-1(10,3(13,14)5(17,18)7(20,21)22)2(11,12)4(15,16)6(19,8(23,24)25)29-30(26,27)28;;/h(H2,26,27,28);2*1H3. The number of alkyl halides is 17.